The molecule has 1 amide bonds. The van der Waals surface area contributed by atoms with Gasteiger partial charge in [-0.1, -0.05) is 23.7 Å². The predicted octanol–water partition coefficient (Wildman–Crippen LogP) is 2.15. The number of nitrogens with one attached hydrogen (secondary N) is 1. The highest BCUT2D eigenvalue weighted by Crippen LogP contribution is 2.12. The van der Waals surface area contributed by atoms with E-state index in [2.05, 4.69) is 10.4 Å². The number of carbonyl (C=O) groups is 1. The standard InChI is InChI=1S/C11H10ClN3O/c12-10-5-14-15(7-10)6-9-2-1-3-11(4-9)13-8-16/h1-5,7-8H,6H2,(H,13,16). The molecule has 0 aliphatic rings. The van der Waals surface area contributed by atoms with Gasteiger partial charge < -0.3 is 5.32 Å². The molecular weight excluding hydrogens is 226 g/mol. The Morgan fingerprint density at radius 3 is 3.06 bits per heavy atom. The highest BCUT2D eigenvalue weighted by atomic mass is 35.5. The molecule has 0 radical (unpaired) electrons. The van der Waals surface area contributed by atoms with E-state index in [-0.39, 0.29) is 0 Å². The first-order valence-corrected chi connectivity index (χ1v) is 5.13. The van der Waals surface area contributed by atoms with Crippen LogP contribution in [0.3, 0.4) is 0 Å². The molecule has 1 aromatic carbocycles. The van der Waals surface area contributed by atoms with E-state index in [0.717, 1.165) is 11.3 Å². The van der Waals surface area contributed by atoms with Gasteiger partial charge in [-0.3, -0.25) is 9.48 Å². The molecule has 2 aromatic rings. The number of rotatable bonds is 4. The monoisotopic (exact) mass is 235 g/mol. The Morgan fingerprint density at radius 1 is 1.50 bits per heavy atom. The second-order valence-corrected chi connectivity index (χ2v) is 3.76. The van der Waals surface area contributed by atoms with E-state index in [1.807, 2.05) is 24.3 Å². The number of nitrogens with zero attached hydrogens (tertiary/aromatic N) is 2. The van der Waals surface area contributed by atoms with Crippen LogP contribution in [0.4, 0.5) is 5.69 Å². The van der Waals surface area contributed by atoms with E-state index in [1.165, 1.54) is 0 Å². The first-order chi connectivity index (χ1) is 7.78. The summed E-state index contributed by atoms with van der Waals surface area (Å²) >= 11 is 5.77. The minimum absolute atomic E-state index is 0.613. The predicted molar refractivity (Wildman–Crippen MR) is 62.5 cm³/mol. The van der Waals surface area contributed by atoms with Crippen molar-refractivity contribution in [1.29, 1.82) is 0 Å². The van der Waals surface area contributed by atoms with Crippen LogP contribution in [-0.2, 0) is 11.3 Å². The summed E-state index contributed by atoms with van der Waals surface area (Å²) < 4.78 is 1.74. The van der Waals surface area contributed by atoms with Gasteiger partial charge >= 0.3 is 0 Å². The Balaban J connectivity index is 2.14. The summed E-state index contributed by atoms with van der Waals surface area (Å²) in [5, 5.41) is 7.30. The van der Waals surface area contributed by atoms with Crippen molar-refractivity contribution in [3.05, 3.63) is 47.2 Å². The van der Waals surface area contributed by atoms with Gasteiger partial charge in [-0.05, 0) is 17.7 Å². The molecule has 1 heterocycles. The number of hydrogen-bond acceptors (Lipinski definition) is 2. The normalized spacial score (nSPS) is 10.1. The highest BCUT2D eigenvalue weighted by molar-refractivity contribution is 6.30. The summed E-state index contributed by atoms with van der Waals surface area (Å²) in [7, 11) is 0. The molecule has 5 heteroatoms. The van der Waals surface area contributed by atoms with Gasteiger partial charge in [0.2, 0.25) is 6.41 Å². The number of carbonyl (C=O) groups excluding carboxylic acids is 1. The van der Waals surface area contributed by atoms with Crippen LogP contribution in [0.25, 0.3) is 0 Å². The molecule has 0 saturated heterocycles. The first kappa shape index (κ1) is 10.7. The maximum atomic E-state index is 10.3. The lowest BCUT2D eigenvalue weighted by atomic mass is 10.2. The topological polar surface area (TPSA) is 46.9 Å². The number of amides is 1. The van der Waals surface area contributed by atoms with Gasteiger partial charge in [0, 0.05) is 11.9 Å². The maximum Gasteiger partial charge on any atom is 0.211 e. The van der Waals surface area contributed by atoms with Crippen molar-refractivity contribution >= 4 is 23.7 Å². The fraction of sp³-hybridized carbons (Fsp3) is 0.0909. The molecule has 0 atom stereocenters. The van der Waals surface area contributed by atoms with Gasteiger partial charge in [0.15, 0.2) is 0 Å². The number of aromatic nitrogens is 2. The Morgan fingerprint density at radius 2 is 2.38 bits per heavy atom. The molecule has 0 saturated carbocycles. The number of benzene rings is 1. The van der Waals surface area contributed by atoms with Gasteiger partial charge in [0.1, 0.15) is 0 Å². The maximum absolute atomic E-state index is 10.3. The van der Waals surface area contributed by atoms with Crippen molar-refractivity contribution < 1.29 is 4.79 Å². The third-order valence-electron chi connectivity index (χ3n) is 2.10. The van der Waals surface area contributed by atoms with E-state index < -0.39 is 0 Å². The molecule has 4 nitrogen and oxygen atoms in total. The van der Waals surface area contributed by atoms with Crippen molar-refractivity contribution in [1.82, 2.24) is 9.78 Å². The summed E-state index contributed by atoms with van der Waals surface area (Å²) in [6.07, 6.45) is 4.00. The van der Waals surface area contributed by atoms with Crippen molar-refractivity contribution in [3.8, 4) is 0 Å². The molecule has 1 N–H and O–H groups in total. The quantitative estimate of drug-likeness (QED) is 0.826. The third-order valence-corrected chi connectivity index (χ3v) is 2.29. The van der Waals surface area contributed by atoms with Gasteiger partial charge in [-0.2, -0.15) is 5.10 Å². The van der Waals surface area contributed by atoms with E-state index in [4.69, 9.17) is 11.6 Å². The molecule has 2 rings (SSSR count). The van der Waals surface area contributed by atoms with Crippen molar-refractivity contribution in [2.45, 2.75) is 6.54 Å². The Kier molecular flexibility index (Phi) is 3.22. The average Bonchev–Trinajstić information content (AvgIpc) is 2.65. The summed E-state index contributed by atoms with van der Waals surface area (Å²) in [5.74, 6) is 0. The largest absolute Gasteiger partial charge is 0.329 e. The van der Waals surface area contributed by atoms with E-state index >= 15 is 0 Å². The minimum Gasteiger partial charge on any atom is -0.329 e. The molecular formula is C11H10ClN3O. The van der Waals surface area contributed by atoms with Gasteiger partial charge in [-0.25, -0.2) is 0 Å². The first-order valence-electron chi connectivity index (χ1n) is 4.75. The molecule has 1 aromatic heterocycles. The zero-order valence-corrected chi connectivity index (χ0v) is 9.19. The molecule has 0 fully saturated rings. The van der Waals surface area contributed by atoms with Crippen LogP contribution in [0.1, 0.15) is 5.56 Å². The average molecular weight is 236 g/mol. The van der Waals surface area contributed by atoms with Crippen LogP contribution in [0.15, 0.2) is 36.7 Å². The fourth-order valence-electron chi connectivity index (χ4n) is 1.44. The van der Waals surface area contributed by atoms with Crippen LogP contribution in [0.5, 0.6) is 0 Å². The molecule has 0 spiro atoms. The van der Waals surface area contributed by atoms with Gasteiger partial charge in [-0.15, -0.1) is 0 Å². The molecule has 0 aliphatic carbocycles. The van der Waals surface area contributed by atoms with Gasteiger partial charge in [0.25, 0.3) is 0 Å². The highest BCUT2D eigenvalue weighted by Gasteiger charge is 1.99. The van der Waals surface area contributed by atoms with Crippen LogP contribution >= 0.6 is 11.6 Å². The smallest absolute Gasteiger partial charge is 0.211 e. The molecule has 16 heavy (non-hydrogen) atoms. The minimum atomic E-state index is 0.613. The molecule has 0 bridgehead atoms. The lowest BCUT2D eigenvalue weighted by Gasteiger charge is -2.04. The lowest BCUT2D eigenvalue weighted by Crippen LogP contribution is -2.01. The second-order valence-electron chi connectivity index (χ2n) is 3.32. The summed E-state index contributed by atoms with van der Waals surface area (Å²) in [5.41, 5.74) is 1.82. The van der Waals surface area contributed by atoms with Gasteiger partial charge in [0.05, 0.1) is 17.8 Å². The molecule has 82 valence electrons. The Bertz CT molecular complexity index is 495. The van der Waals surface area contributed by atoms with E-state index in [1.54, 1.807) is 17.1 Å². The molecule has 0 unspecified atom stereocenters. The third kappa shape index (κ3) is 2.61. The van der Waals surface area contributed by atoms with Crippen molar-refractivity contribution in [2.75, 3.05) is 5.32 Å². The Labute approximate surface area is 97.8 Å². The van der Waals surface area contributed by atoms with Crippen LogP contribution in [0.2, 0.25) is 5.02 Å². The molecule has 0 aliphatic heterocycles. The summed E-state index contributed by atoms with van der Waals surface area (Å²) in [4.78, 5) is 10.3. The number of hydrogen-bond donors (Lipinski definition) is 1. The van der Waals surface area contributed by atoms with E-state index in [9.17, 15) is 4.79 Å². The lowest BCUT2D eigenvalue weighted by molar-refractivity contribution is -0.105. The summed E-state index contributed by atoms with van der Waals surface area (Å²) in [6, 6.07) is 7.57. The fourth-order valence-corrected chi connectivity index (χ4v) is 1.60. The SMILES string of the molecule is O=CNc1cccc(Cn2cc(Cl)cn2)c1. The van der Waals surface area contributed by atoms with Crippen molar-refractivity contribution in [3.63, 3.8) is 0 Å². The number of halogens is 1. The zero-order valence-electron chi connectivity index (χ0n) is 8.43. The van der Waals surface area contributed by atoms with Crippen LogP contribution < -0.4 is 5.32 Å². The summed E-state index contributed by atoms with van der Waals surface area (Å²) in [6.45, 7) is 0.626. The Hall–Kier alpha value is -1.81. The number of anilines is 1. The van der Waals surface area contributed by atoms with E-state index in [0.29, 0.717) is 18.0 Å². The van der Waals surface area contributed by atoms with Crippen molar-refractivity contribution in [2.24, 2.45) is 0 Å². The second kappa shape index (κ2) is 4.81. The van der Waals surface area contributed by atoms with Crippen LogP contribution in [-0.4, -0.2) is 16.2 Å². The zero-order chi connectivity index (χ0) is 11.4. The van der Waals surface area contributed by atoms with Crippen LogP contribution in [0, 0.1) is 0 Å².